The van der Waals surface area contributed by atoms with Crippen LogP contribution in [0, 0.1) is 5.41 Å². The average Bonchev–Trinajstić information content (AvgIpc) is 2.68. The van der Waals surface area contributed by atoms with Gasteiger partial charge in [-0.3, -0.25) is 4.79 Å². The first-order chi connectivity index (χ1) is 12.7. The van der Waals surface area contributed by atoms with Gasteiger partial charge in [-0.05, 0) is 35.9 Å². The normalized spacial score (nSPS) is 10.2. The number of nitrogens with zero attached hydrogens (tertiary/aromatic N) is 1. The number of anilines is 3. The van der Waals surface area contributed by atoms with E-state index in [4.69, 9.17) is 11.1 Å². The van der Waals surface area contributed by atoms with Gasteiger partial charge >= 0.3 is 0 Å². The molecule has 6 heteroatoms. The summed E-state index contributed by atoms with van der Waals surface area (Å²) in [6.07, 6.45) is 2.58. The molecule has 1 amide bonds. The lowest BCUT2D eigenvalue weighted by Crippen LogP contribution is -2.37. The van der Waals surface area contributed by atoms with E-state index in [9.17, 15) is 4.79 Å². The number of nitrogens with one attached hydrogen (secondary N) is 3. The molecular weight excluding hydrogens is 326 g/mol. The van der Waals surface area contributed by atoms with Crippen LogP contribution in [-0.2, 0) is 6.54 Å². The molecule has 0 atom stereocenters. The molecule has 6 nitrogen and oxygen atoms in total. The van der Waals surface area contributed by atoms with E-state index >= 15 is 0 Å². The van der Waals surface area contributed by atoms with Crippen LogP contribution in [0.5, 0.6) is 0 Å². The summed E-state index contributed by atoms with van der Waals surface area (Å²) in [4.78, 5) is 12.3. The zero-order valence-electron chi connectivity index (χ0n) is 14.1. The molecule has 0 fully saturated rings. The van der Waals surface area contributed by atoms with E-state index in [1.165, 1.54) is 10.8 Å². The van der Waals surface area contributed by atoms with Crippen LogP contribution in [0.1, 0.15) is 15.9 Å². The quantitative estimate of drug-likeness (QED) is 0.314. The number of para-hydroxylation sites is 1. The van der Waals surface area contributed by atoms with Crippen molar-refractivity contribution in [2.75, 3.05) is 16.4 Å². The minimum absolute atomic E-state index is 0.254. The predicted molar refractivity (Wildman–Crippen MR) is 103 cm³/mol. The Kier molecular flexibility index (Phi) is 5.24. The summed E-state index contributed by atoms with van der Waals surface area (Å²) in [5.74, 6) is 0.141. The van der Waals surface area contributed by atoms with Gasteiger partial charge in [-0.1, -0.05) is 30.3 Å². The first-order valence-electron chi connectivity index (χ1n) is 8.16. The van der Waals surface area contributed by atoms with Crippen molar-refractivity contribution in [2.24, 2.45) is 0 Å². The van der Waals surface area contributed by atoms with Gasteiger partial charge in [0.2, 0.25) is 12.2 Å². The van der Waals surface area contributed by atoms with Crippen LogP contribution < -0.4 is 20.9 Å². The summed E-state index contributed by atoms with van der Waals surface area (Å²) in [6, 6.07) is 20.9. The number of hydrogen-bond donors (Lipinski definition) is 4. The highest BCUT2D eigenvalue weighted by atomic mass is 16.1. The first-order valence-corrected chi connectivity index (χ1v) is 8.16. The van der Waals surface area contributed by atoms with Gasteiger partial charge in [0, 0.05) is 24.0 Å². The Hall–Kier alpha value is -3.67. The van der Waals surface area contributed by atoms with E-state index in [0.717, 1.165) is 17.6 Å². The maximum Gasteiger partial charge on any atom is 0.258 e. The van der Waals surface area contributed by atoms with Crippen molar-refractivity contribution < 1.29 is 9.36 Å². The zero-order chi connectivity index (χ0) is 18.4. The van der Waals surface area contributed by atoms with Gasteiger partial charge in [0.25, 0.3) is 5.91 Å². The highest BCUT2D eigenvalue weighted by Gasteiger charge is 2.10. The van der Waals surface area contributed by atoms with Crippen molar-refractivity contribution in [3.63, 3.8) is 0 Å². The average molecular weight is 346 g/mol. The molecule has 0 saturated carbocycles. The molecule has 2 aromatic carbocycles. The van der Waals surface area contributed by atoms with Gasteiger partial charge in [0.1, 0.15) is 0 Å². The minimum atomic E-state index is -0.254. The van der Waals surface area contributed by atoms with Gasteiger partial charge in [0.05, 0.1) is 11.8 Å². The second kappa shape index (κ2) is 7.94. The van der Waals surface area contributed by atoms with Crippen molar-refractivity contribution in [1.82, 2.24) is 0 Å². The predicted octanol–water partition coefficient (Wildman–Crippen LogP) is 2.88. The molecule has 0 aliphatic carbocycles. The number of benzene rings is 2. The van der Waals surface area contributed by atoms with Crippen LogP contribution in [0.4, 0.5) is 17.2 Å². The van der Waals surface area contributed by atoms with Gasteiger partial charge in [-0.2, -0.15) is 5.41 Å². The third kappa shape index (κ3) is 4.24. The fourth-order valence-corrected chi connectivity index (χ4v) is 2.44. The molecule has 0 aliphatic heterocycles. The van der Waals surface area contributed by atoms with E-state index in [2.05, 4.69) is 10.6 Å². The number of aromatic nitrogens is 1. The Morgan fingerprint density at radius 2 is 1.73 bits per heavy atom. The molecule has 0 radical (unpaired) electrons. The molecule has 3 rings (SSSR count). The first kappa shape index (κ1) is 17.2. The number of carbonyl (C=O) groups is 1. The minimum Gasteiger partial charge on any atom is -0.381 e. The van der Waals surface area contributed by atoms with Crippen molar-refractivity contribution in [3.8, 4) is 0 Å². The Bertz CT molecular complexity index is 907. The molecule has 5 N–H and O–H groups in total. The number of hydrogen-bond acceptors (Lipinski definition) is 4. The molecule has 26 heavy (non-hydrogen) atoms. The standard InChI is InChI=1S/C20H19N5O/c21-14-25-13-16(8-11-19(25)22)20(26)24-18-9-6-15(7-10-18)12-23-17-4-2-1-3-5-17/h1-11,13-14,21-23H,12H2,(H,24,26)/p+1. The van der Waals surface area contributed by atoms with Crippen molar-refractivity contribution in [1.29, 1.82) is 5.41 Å². The maximum atomic E-state index is 12.3. The number of nitrogens with two attached hydrogens (primary N) is 1. The summed E-state index contributed by atoms with van der Waals surface area (Å²) in [5, 5.41) is 13.5. The number of nitrogen functional groups attached to an aromatic ring is 1. The van der Waals surface area contributed by atoms with Gasteiger partial charge in [-0.15, -0.1) is 0 Å². The lowest BCUT2D eigenvalue weighted by Gasteiger charge is -2.09. The van der Waals surface area contributed by atoms with E-state index in [1.807, 2.05) is 54.6 Å². The maximum absolute atomic E-state index is 12.3. The van der Waals surface area contributed by atoms with E-state index in [-0.39, 0.29) is 5.91 Å². The molecule has 0 bridgehead atoms. The van der Waals surface area contributed by atoms with Crippen LogP contribution in [-0.4, -0.2) is 12.2 Å². The monoisotopic (exact) mass is 346 g/mol. The molecular formula is C20H20N5O+. The molecule has 0 unspecified atom stereocenters. The SMILES string of the molecule is N=C[n+]1cc(C(=O)Nc2ccc(CNc3ccccc3)cc2)ccc1N. The van der Waals surface area contributed by atoms with Gasteiger partial charge in [-0.25, -0.2) is 4.57 Å². The Balaban J connectivity index is 1.62. The third-order valence-electron chi connectivity index (χ3n) is 3.89. The van der Waals surface area contributed by atoms with E-state index in [1.54, 1.807) is 12.1 Å². The smallest absolute Gasteiger partial charge is 0.258 e. The van der Waals surface area contributed by atoms with Crippen LogP contribution >= 0.6 is 0 Å². The Morgan fingerprint density at radius 1 is 1.00 bits per heavy atom. The summed E-state index contributed by atoms with van der Waals surface area (Å²) >= 11 is 0. The second-order valence-electron chi connectivity index (χ2n) is 5.75. The summed E-state index contributed by atoms with van der Waals surface area (Å²) < 4.78 is 1.38. The Labute approximate surface area is 151 Å². The van der Waals surface area contributed by atoms with Crippen LogP contribution in [0.25, 0.3) is 0 Å². The fraction of sp³-hybridized carbons (Fsp3) is 0.0500. The molecule has 0 spiro atoms. The van der Waals surface area contributed by atoms with Crippen LogP contribution in [0.15, 0.2) is 72.9 Å². The lowest BCUT2D eigenvalue weighted by atomic mass is 10.2. The topological polar surface area (TPSA) is 94.9 Å². The van der Waals surface area contributed by atoms with Gasteiger partial charge in [0.15, 0.2) is 0 Å². The van der Waals surface area contributed by atoms with Crippen LogP contribution in [0.2, 0.25) is 0 Å². The number of rotatable bonds is 6. The number of amides is 1. The van der Waals surface area contributed by atoms with E-state index < -0.39 is 0 Å². The summed E-state index contributed by atoms with van der Waals surface area (Å²) in [5.41, 5.74) is 9.02. The van der Waals surface area contributed by atoms with Crippen molar-refractivity contribution in [2.45, 2.75) is 6.54 Å². The molecule has 0 saturated heterocycles. The van der Waals surface area contributed by atoms with Crippen molar-refractivity contribution in [3.05, 3.63) is 84.1 Å². The molecule has 1 heterocycles. The highest BCUT2D eigenvalue weighted by Crippen LogP contribution is 2.13. The zero-order valence-corrected chi connectivity index (χ0v) is 14.1. The highest BCUT2D eigenvalue weighted by molar-refractivity contribution is 6.04. The molecule has 1 aromatic heterocycles. The molecule has 130 valence electrons. The van der Waals surface area contributed by atoms with E-state index in [0.29, 0.717) is 23.6 Å². The molecule has 3 aromatic rings. The summed E-state index contributed by atoms with van der Waals surface area (Å²) in [7, 11) is 0. The summed E-state index contributed by atoms with van der Waals surface area (Å²) in [6.45, 7) is 0.704. The second-order valence-corrected chi connectivity index (χ2v) is 5.75. The Morgan fingerprint density at radius 3 is 2.42 bits per heavy atom. The largest absolute Gasteiger partial charge is 0.381 e. The number of pyridine rings is 1. The lowest BCUT2D eigenvalue weighted by molar-refractivity contribution is -0.530. The van der Waals surface area contributed by atoms with Crippen LogP contribution in [0.3, 0.4) is 0 Å². The van der Waals surface area contributed by atoms with Gasteiger partial charge < -0.3 is 16.4 Å². The molecule has 0 aliphatic rings. The fourth-order valence-electron chi connectivity index (χ4n) is 2.44. The third-order valence-corrected chi connectivity index (χ3v) is 3.89. The number of carbonyl (C=O) groups excluding carboxylic acids is 1. The van der Waals surface area contributed by atoms with Crippen molar-refractivity contribution >= 4 is 29.4 Å².